The maximum Gasteiger partial charge on any atom is 0.306 e. The molecule has 0 aromatic carbocycles. The smallest absolute Gasteiger partial charge is 0.306 e. The van der Waals surface area contributed by atoms with E-state index in [1.54, 1.807) is 0 Å². The molecule has 0 bridgehead atoms. The number of unbranched alkanes of at least 4 members (excludes halogenated alkanes) is 23. The van der Waals surface area contributed by atoms with Crippen LogP contribution in [0.5, 0.6) is 0 Å². The van der Waals surface area contributed by atoms with Crippen LogP contribution >= 0.6 is 0 Å². The molecule has 1 unspecified atom stereocenters. The van der Waals surface area contributed by atoms with Gasteiger partial charge in [-0.05, 0) is 96.3 Å². The van der Waals surface area contributed by atoms with E-state index in [4.69, 9.17) is 14.2 Å². The lowest BCUT2D eigenvalue weighted by Gasteiger charge is -2.18. The maximum atomic E-state index is 12.8. The van der Waals surface area contributed by atoms with Crippen molar-refractivity contribution in [1.29, 1.82) is 0 Å². The molecule has 0 saturated heterocycles. The summed E-state index contributed by atoms with van der Waals surface area (Å²) >= 11 is 0. The first-order valence-electron chi connectivity index (χ1n) is 27.0. The Balaban J connectivity index is 4.50. The van der Waals surface area contributed by atoms with Gasteiger partial charge in [-0.1, -0.05) is 226 Å². The summed E-state index contributed by atoms with van der Waals surface area (Å²) < 4.78 is 16.8. The quantitative estimate of drug-likeness (QED) is 0.0199. The Labute approximate surface area is 406 Å². The third-order valence-corrected chi connectivity index (χ3v) is 11.1. The molecule has 0 rings (SSSR count). The number of carbonyl (C=O) groups is 3. The van der Waals surface area contributed by atoms with Crippen molar-refractivity contribution in [1.82, 2.24) is 0 Å². The number of allylic oxidation sites excluding steroid dienone is 18. The molecule has 0 aliphatic heterocycles. The van der Waals surface area contributed by atoms with Gasteiger partial charge in [0.15, 0.2) is 6.10 Å². The highest BCUT2D eigenvalue weighted by Gasteiger charge is 2.19. The number of rotatable bonds is 47. The normalized spacial score (nSPS) is 13.0. The van der Waals surface area contributed by atoms with Crippen LogP contribution in [0.4, 0.5) is 0 Å². The molecule has 0 heterocycles. The highest BCUT2D eigenvalue weighted by atomic mass is 16.6. The highest BCUT2D eigenvalue weighted by Crippen LogP contribution is 2.13. The van der Waals surface area contributed by atoms with Crippen molar-refractivity contribution in [2.75, 3.05) is 13.2 Å². The Morgan fingerprint density at radius 3 is 1.08 bits per heavy atom. The lowest BCUT2D eigenvalue weighted by molar-refractivity contribution is -0.167. The van der Waals surface area contributed by atoms with E-state index in [0.717, 1.165) is 141 Å². The monoisotopic (exact) mass is 915 g/mol. The second-order valence-corrected chi connectivity index (χ2v) is 17.5. The van der Waals surface area contributed by atoms with Crippen LogP contribution < -0.4 is 0 Å². The zero-order valence-electron chi connectivity index (χ0n) is 42.7. The van der Waals surface area contributed by atoms with Gasteiger partial charge in [0.2, 0.25) is 0 Å². The lowest BCUT2D eigenvalue weighted by Crippen LogP contribution is -2.30. The molecule has 6 nitrogen and oxygen atoms in total. The van der Waals surface area contributed by atoms with Crippen molar-refractivity contribution in [2.45, 2.75) is 239 Å². The van der Waals surface area contributed by atoms with Crippen LogP contribution in [0.25, 0.3) is 0 Å². The fraction of sp³-hybridized carbons (Fsp3) is 0.650. The fourth-order valence-electron chi connectivity index (χ4n) is 7.08. The van der Waals surface area contributed by atoms with Crippen molar-refractivity contribution < 1.29 is 28.6 Å². The van der Waals surface area contributed by atoms with E-state index < -0.39 is 6.10 Å². The van der Waals surface area contributed by atoms with Crippen LogP contribution in [0.15, 0.2) is 109 Å². The predicted molar refractivity (Wildman–Crippen MR) is 283 cm³/mol. The minimum absolute atomic E-state index is 0.104. The Kier molecular flexibility index (Phi) is 50.5. The second kappa shape index (κ2) is 53.7. The first kappa shape index (κ1) is 62.1. The summed E-state index contributed by atoms with van der Waals surface area (Å²) in [6, 6.07) is 0. The average Bonchev–Trinajstić information content (AvgIpc) is 3.31. The van der Waals surface area contributed by atoms with E-state index in [0.29, 0.717) is 19.3 Å². The maximum absolute atomic E-state index is 12.8. The highest BCUT2D eigenvalue weighted by molar-refractivity contribution is 5.71. The van der Waals surface area contributed by atoms with Gasteiger partial charge in [-0.15, -0.1) is 0 Å². The Morgan fingerprint density at radius 2 is 0.652 bits per heavy atom. The van der Waals surface area contributed by atoms with Crippen LogP contribution in [0.1, 0.15) is 233 Å². The Hall–Kier alpha value is -3.93. The SMILES string of the molecule is CC/C=C\C/C=C\CCCCCCCC(=O)OCC(COC(=O)CCCCCCC\C=C/C=C\C=C/C=C\CCCCC)OC(=O)CCCCCCC\C=C/C=C\C=C/CCCCCCC. The van der Waals surface area contributed by atoms with Gasteiger partial charge >= 0.3 is 17.9 Å². The van der Waals surface area contributed by atoms with Crippen molar-refractivity contribution in [3.05, 3.63) is 109 Å². The van der Waals surface area contributed by atoms with E-state index >= 15 is 0 Å². The second-order valence-electron chi connectivity index (χ2n) is 17.5. The summed E-state index contributed by atoms with van der Waals surface area (Å²) in [6.45, 7) is 6.42. The molecule has 0 aliphatic rings. The van der Waals surface area contributed by atoms with Gasteiger partial charge in [0, 0.05) is 19.3 Å². The largest absolute Gasteiger partial charge is 0.462 e. The minimum atomic E-state index is -0.807. The van der Waals surface area contributed by atoms with Crippen LogP contribution in [-0.2, 0) is 28.6 Å². The van der Waals surface area contributed by atoms with Gasteiger partial charge in [-0.2, -0.15) is 0 Å². The zero-order chi connectivity index (χ0) is 47.9. The summed E-state index contributed by atoms with van der Waals surface area (Å²) in [7, 11) is 0. The summed E-state index contributed by atoms with van der Waals surface area (Å²) in [6.07, 6.45) is 72.1. The molecule has 0 aromatic rings. The van der Waals surface area contributed by atoms with Gasteiger partial charge in [0.1, 0.15) is 13.2 Å². The van der Waals surface area contributed by atoms with E-state index in [1.165, 1.54) is 51.4 Å². The molecule has 66 heavy (non-hydrogen) atoms. The Morgan fingerprint density at radius 1 is 0.333 bits per heavy atom. The van der Waals surface area contributed by atoms with Gasteiger partial charge in [-0.25, -0.2) is 0 Å². The molecule has 0 amide bonds. The van der Waals surface area contributed by atoms with Crippen LogP contribution in [-0.4, -0.2) is 37.2 Å². The molecular formula is C60H98O6. The molecule has 0 aromatic heterocycles. The van der Waals surface area contributed by atoms with Gasteiger partial charge in [-0.3, -0.25) is 14.4 Å². The van der Waals surface area contributed by atoms with Crippen LogP contribution in [0.3, 0.4) is 0 Å². The molecule has 374 valence electrons. The molecule has 0 saturated carbocycles. The van der Waals surface area contributed by atoms with Crippen molar-refractivity contribution in [2.24, 2.45) is 0 Å². The zero-order valence-corrected chi connectivity index (χ0v) is 42.7. The fourth-order valence-corrected chi connectivity index (χ4v) is 7.08. The summed E-state index contributed by atoms with van der Waals surface area (Å²) in [5, 5.41) is 0. The Bertz CT molecular complexity index is 1370. The van der Waals surface area contributed by atoms with Crippen LogP contribution in [0.2, 0.25) is 0 Å². The predicted octanol–water partition coefficient (Wildman–Crippen LogP) is 17.9. The van der Waals surface area contributed by atoms with Crippen molar-refractivity contribution >= 4 is 17.9 Å². The van der Waals surface area contributed by atoms with Gasteiger partial charge in [0.05, 0.1) is 0 Å². The molecule has 0 fully saturated rings. The van der Waals surface area contributed by atoms with Gasteiger partial charge in [0.25, 0.3) is 0 Å². The summed E-state index contributed by atoms with van der Waals surface area (Å²) in [4.78, 5) is 38.0. The van der Waals surface area contributed by atoms with Crippen LogP contribution in [0, 0.1) is 0 Å². The van der Waals surface area contributed by atoms with E-state index in [1.807, 2.05) is 0 Å². The van der Waals surface area contributed by atoms with Crippen molar-refractivity contribution in [3.8, 4) is 0 Å². The molecule has 6 heteroatoms. The first-order chi connectivity index (χ1) is 32.5. The topological polar surface area (TPSA) is 78.9 Å². The minimum Gasteiger partial charge on any atom is -0.462 e. The number of ether oxygens (including phenoxy) is 3. The molecule has 0 aliphatic carbocycles. The average molecular weight is 915 g/mol. The summed E-state index contributed by atoms with van der Waals surface area (Å²) in [5.74, 6) is -0.964. The van der Waals surface area contributed by atoms with Gasteiger partial charge < -0.3 is 14.2 Å². The standard InChI is InChI=1S/C60H98O6/c1-4-7-10-13-16-19-22-25-27-29-31-33-35-38-41-44-47-50-53-59(62)65-56-57(55-64-58(61)52-49-46-43-40-37-24-21-18-15-12-9-6-3)66-60(63)54-51-48-45-42-39-36-34-32-30-28-26-23-20-17-14-11-8-5-2/h9,12,16,18-19,21-23,25-34,57H,4-8,10-11,13-15,17,20,24,35-56H2,1-3H3/b12-9-,19-16-,21-18-,25-22-,26-23-,29-27-,30-28-,33-31-,34-32-. The number of hydrogen-bond acceptors (Lipinski definition) is 6. The molecule has 0 spiro atoms. The molecule has 1 atom stereocenters. The number of carbonyl (C=O) groups excluding carboxylic acids is 3. The third-order valence-electron chi connectivity index (χ3n) is 11.1. The van der Waals surface area contributed by atoms with E-state index in [9.17, 15) is 14.4 Å². The molecular weight excluding hydrogens is 817 g/mol. The number of esters is 3. The van der Waals surface area contributed by atoms with E-state index in [2.05, 4.69) is 130 Å². The summed E-state index contributed by atoms with van der Waals surface area (Å²) in [5.41, 5.74) is 0. The third kappa shape index (κ3) is 51.1. The molecule has 0 radical (unpaired) electrons. The van der Waals surface area contributed by atoms with E-state index in [-0.39, 0.29) is 31.1 Å². The molecule has 0 N–H and O–H groups in total. The lowest BCUT2D eigenvalue weighted by atomic mass is 10.1. The van der Waals surface area contributed by atoms with Crippen molar-refractivity contribution in [3.63, 3.8) is 0 Å². The number of hydrogen-bond donors (Lipinski definition) is 0. The first-order valence-corrected chi connectivity index (χ1v) is 27.0.